The molecule has 0 heterocycles. The number of nitrogens with two attached hydrogens (primary N) is 2. The van der Waals surface area contributed by atoms with E-state index in [0.29, 0.717) is 10.9 Å². The predicted molar refractivity (Wildman–Crippen MR) is 62.4 cm³/mol. The molecule has 0 unspecified atom stereocenters. The van der Waals surface area contributed by atoms with Crippen LogP contribution in [-0.4, -0.2) is 0 Å². The third kappa shape index (κ3) is 2.20. The molecule has 14 heavy (non-hydrogen) atoms. The van der Waals surface area contributed by atoms with E-state index in [1.165, 1.54) is 0 Å². The Bertz CT molecular complexity index is 334. The second-order valence-corrected chi connectivity index (χ2v) is 4.41. The first kappa shape index (κ1) is 11.3. The van der Waals surface area contributed by atoms with Crippen LogP contribution in [0.4, 0.5) is 5.69 Å². The Morgan fingerprint density at radius 1 is 1.29 bits per heavy atom. The molecule has 1 rings (SSSR count). The van der Waals surface area contributed by atoms with E-state index in [0.717, 1.165) is 16.8 Å². The third-order valence-corrected chi connectivity index (χ3v) is 2.79. The van der Waals surface area contributed by atoms with Crippen molar-refractivity contribution in [3.63, 3.8) is 0 Å². The van der Waals surface area contributed by atoms with E-state index >= 15 is 0 Å². The molecular weight excluding hydrogens is 196 g/mol. The number of nitrogen functional groups attached to an aromatic ring is 1. The van der Waals surface area contributed by atoms with Crippen LogP contribution < -0.4 is 11.5 Å². The monoisotopic (exact) mass is 212 g/mol. The van der Waals surface area contributed by atoms with Crippen LogP contribution >= 0.6 is 11.6 Å². The summed E-state index contributed by atoms with van der Waals surface area (Å²) in [5.41, 5.74) is 14.5. The van der Waals surface area contributed by atoms with Gasteiger partial charge in [-0.3, -0.25) is 0 Å². The molecule has 0 aromatic heterocycles. The molecule has 0 saturated carbocycles. The van der Waals surface area contributed by atoms with E-state index in [9.17, 15) is 0 Å². The van der Waals surface area contributed by atoms with Crippen molar-refractivity contribution in [3.05, 3.63) is 28.3 Å². The van der Waals surface area contributed by atoms with Gasteiger partial charge in [-0.2, -0.15) is 0 Å². The highest BCUT2D eigenvalue weighted by molar-refractivity contribution is 6.31. The summed E-state index contributed by atoms with van der Waals surface area (Å²) in [4.78, 5) is 0. The van der Waals surface area contributed by atoms with Crippen molar-refractivity contribution in [2.24, 2.45) is 11.7 Å². The molecule has 0 aliphatic carbocycles. The fourth-order valence-corrected chi connectivity index (χ4v) is 1.63. The van der Waals surface area contributed by atoms with E-state index in [2.05, 4.69) is 13.8 Å². The first-order valence-electron chi connectivity index (χ1n) is 4.74. The number of anilines is 1. The van der Waals surface area contributed by atoms with Gasteiger partial charge < -0.3 is 11.5 Å². The van der Waals surface area contributed by atoms with E-state index in [1.54, 1.807) is 6.07 Å². The molecule has 0 aliphatic heterocycles. The van der Waals surface area contributed by atoms with Gasteiger partial charge in [-0.15, -0.1) is 0 Å². The quantitative estimate of drug-likeness (QED) is 0.741. The van der Waals surface area contributed by atoms with Crippen molar-refractivity contribution in [3.8, 4) is 0 Å². The van der Waals surface area contributed by atoms with Crippen LogP contribution in [0, 0.1) is 12.8 Å². The van der Waals surface area contributed by atoms with Crippen molar-refractivity contribution >= 4 is 17.3 Å². The molecule has 3 heteroatoms. The Morgan fingerprint density at radius 3 is 2.36 bits per heavy atom. The molecule has 0 fully saturated rings. The zero-order valence-corrected chi connectivity index (χ0v) is 9.60. The molecule has 0 radical (unpaired) electrons. The first-order chi connectivity index (χ1) is 6.43. The van der Waals surface area contributed by atoms with Crippen LogP contribution in [0.5, 0.6) is 0 Å². The second-order valence-electron chi connectivity index (χ2n) is 4.00. The first-order valence-corrected chi connectivity index (χ1v) is 5.12. The van der Waals surface area contributed by atoms with Gasteiger partial charge in [-0.05, 0) is 30.0 Å². The van der Waals surface area contributed by atoms with Gasteiger partial charge in [0.2, 0.25) is 0 Å². The van der Waals surface area contributed by atoms with Gasteiger partial charge in [0.25, 0.3) is 0 Å². The number of aryl methyl sites for hydroxylation is 1. The van der Waals surface area contributed by atoms with Crippen LogP contribution in [0.1, 0.15) is 31.0 Å². The largest absolute Gasteiger partial charge is 0.398 e. The lowest BCUT2D eigenvalue weighted by molar-refractivity contribution is 0.514. The zero-order chi connectivity index (χ0) is 10.9. The van der Waals surface area contributed by atoms with Crippen molar-refractivity contribution in [1.29, 1.82) is 0 Å². The van der Waals surface area contributed by atoms with E-state index in [1.807, 2.05) is 13.0 Å². The standard InChI is InChI=1S/C11H17ClN2/c1-6(2)11(14)8-4-7(3)10(13)5-9(8)12/h4-6,11H,13-14H2,1-3H3/t11-/m1/s1. The SMILES string of the molecule is Cc1cc([C@H](N)C(C)C)c(Cl)cc1N. The van der Waals surface area contributed by atoms with Gasteiger partial charge >= 0.3 is 0 Å². The Balaban J connectivity index is 3.15. The summed E-state index contributed by atoms with van der Waals surface area (Å²) in [5.74, 6) is 0.371. The normalized spacial score (nSPS) is 13.3. The molecule has 1 atom stereocenters. The van der Waals surface area contributed by atoms with Crippen molar-refractivity contribution in [2.75, 3.05) is 5.73 Å². The lowest BCUT2D eigenvalue weighted by Gasteiger charge is -2.18. The van der Waals surface area contributed by atoms with Crippen LogP contribution in [-0.2, 0) is 0 Å². The van der Waals surface area contributed by atoms with Crippen molar-refractivity contribution in [1.82, 2.24) is 0 Å². The molecule has 0 bridgehead atoms. The number of hydrogen-bond acceptors (Lipinski definition) is 2. The molecule has 4 N–H and O–H groups in total. The fourth-order valence-electron chi connectivity index (χ4n) is 1.33. The number of benzene rings is 1. The Morgan fingerprint density at radius 2 is 1.86 bits per heavy atom. The molecule has 0 saturated heterocycles. The summed E-state index contributed by atoms with van der Waals surface area (Å²) in [5, 5.41) is 0.661. The number of halogens is 1. The minimum atomic E-state index is -0.0261. The molecule has 0 aliphatic rings. The van der Waals surface area contributed by atoms with Gasteiger partial charge in [-0.1, -0.05) is 31.5 Å². The van der Waals surface area contributed by atoms with E-state index in [-0.39, 0.29) is 6.04 Å². The summed E-state index contributed by atoms with van der Waals surface area (Å²) in [6.45, 7) is 6.11. The van der Waals surface area contributed by atoms with E-state index in [4.69, 9.17) is 23.1 Å². The van der Waals surface area contributed by atoms with Gasteiger partial charge in [0, 0.05) is 16.8 Å². The van der Waals surface area contributed by atoms with Crippen molar-refractivity contribution < 1.29 is 0 Å². The smallest absolute Gasteiger partial charge is 0.0474 e. The van der Waals surface area contributed by atoms with Crippen LogP contribution in [0.15, 0.2) is 12.1 Å². The molecule has 78 valence electrons. The minimum absolute atomic E-state index is 0.0261. The summed E-state index contributed by atoms with van der Waals surface area (Å²) < 4.78 is 0. The maximum atomic E-state index is 6.08. The summed E-state index contributed by atoms with van der Waals surface area (Å²) >= 11 is 6.08. The summed E-state index contributed by atoms with van der Waals surface area (Å²) in [6.07, 6.45) is 0. The predicted octanol–water partition coefficient (Wildman–Crippen LogP) is 2.89. The average molecular weight is 213 g/mol. The topological polar surface area (TPSA) is 52.0 Å². The maximum absolute atomic E-state index is 6.08. The zero-order valence-electron chi connectivity index (χ0n) is 8.84. The van der Waals surface area contributed by atoms with Crippen LogP contribution in [0.25, 0.3) is 0 Å². The van der Waals surface area contributed by atoms with Crippen LogP contribution in [0.3, 0.4) is 0 Å². The number of hydrogen-bond donors (Lipinski definition) is 2. The maximum Gasteiger partial charge on any atom is 0.0474 e. The van der Waals surface area contributed by atoms with Crippen LogP contribution in [0.2, 0.25) is 5.02 Å². The molecular formula is C11H17ClN2. The Labute approximate surface area is 90.2 Å². The highest BCUT2D eigenvalue weighted by Crippen LogP contribution is 2.29. The average Bonchev–Trinajstić information content (AvgIpc) is 2.10. The summed E-state index contributed by atoms with van der Waals surface area (Å²) in [7, 11) is 0. The Kier molecular flexibility index (Phi) is 3.40. The minimum Gasteiger partial charge on any atom is -0.398 e. The highest BCUT2D eigenvalue weighted by atomic mass is 35.5. The molecule has 2 nitrogen and oxygen atoms in total. The fraction of sp³-hybridized carbons (Fsp3) is 0.455. The van der Waals surface area contributed by atoms with Gasteiger partial charge in [0.15, 0.2) is 0 Å². The van der Waals surface area contributed by atoms with Gasteiger partial charge in [0.1, 0.15) is 0 Å². The molecule has 1 aromatic carbocycles. The molecule has 0 amide bonds. The number of rotatable bonds is 2. The lowest BCUT2D eigenvalue weighted by atomic mass is 9.95. The molecule has 1 aromatic rings. The van der Waals surface area contributed by atoms with Gasteiger partial charge in [0.05, 0.1) is 0 Å². The van der Waals surface area contributed by atoms with Crippen molar-refractivity contribution in [2.45, 2.75) is 26.8 Å². The second kappa shape index (κ2) is 4.20. The summed E-state index contributed by atoms with van der Waals surface area (Å²) in [6, 6.07) is 3.72. The third-order valence-electron chi connectivity index (χ3n) is 2.46. The molecule has 0 spiro atoms. The van der Waals surface area contributed by atoms with E-state index < -0.39 is 0 Å². The van der Waals surface area contributed by atoms with Gasteiger partial charge in [-0.25, -0.2) is 0 Å². The highest BCUT2D eigenvalue weighted by Gasteiger charge is 2.14. The lowest BCUT2D eigenvalue weighted by Crippen LogP contribution is -2.17. The Hall–Kier alpha value is -0.730.